The molecule has 0 aromatic heterocycles. The van der Waals surface area contributed by atoms with Crippen molar-refractivity contribution in [1.82, 2.24) is 0 Å². The Kier molecular flexibility index (Phi) is 7.26. The summed E-state index contributed by atoms with van der Waals surface area (Å²) >= 11 is 6.04. The van der Waals surface area contributed by atoms with E-state index in [2.05, 4.69) is 48.5 Å². The van der Waals surface area contributed by atoms with Crippen molar-refractivity contribution in [3.63, 3.8) is 0 Å². The van der Waals surface area contributed by atoms with Crippen LogP contribution in [0.3, 0.4) is 0 Å². The number of non-ortho nitro benzene ring substituents is 1. The molecule has 1 amide bonds. The van der Waals surface area contributed by atoms with Crippen molar-refractivity contribution in [3.05, 3.63) is 87.4 Å². The molecule has 0 aliphatic rings. The maximum Gasteiger partial charge on any atom is 0.270 e. The lowest BCUT2D eigenvalue weighted by Gasteiger charge is -2.19. The van der Waals surface area contributed by atoms with Gasteiger partial charge in [0.05, 0.1) is 15.5 Å². The Morgan fingerprint density at radius 3 is 2.23 bits per heavy atom. The van der Waals surface area contributed by atoms with Crippen LogP contribution in [0, 0.1) is 10.1 Å². The van der Waals surface area contributed by atoms with Crippen LogP contribution in [0.2, 0.25) is 5.02 Å². The molecule has 0 fully saturated rings. The van der Waals surface area contributed by atoms with Gasteiger partial charge in [-0.3, -0.25) is 14.9 Å². The summed E-state index contributed by atoms with van der Waals surface area (Å²) < 4.78 is 0. The number of nitro groups is 1. The molecule has 0 saturated heterocycles. The molecular weight excluding hydrogens is 414 g/mol. The van der Waals surface area contributed by atoms with E-state index in [1.807, 2.05) is 12.1 Å². The molecule has 0 heterocycles. The lowest BCUT2D eigenvalue weighted by molar-refractivity contribution is -0.384. The van der Waals surface area contributed by atoms with Gasteiger partial charge in [-0.05, 0) is 47.9 Å². The molecule has 3 rings (SSSR count). The average Bonchev–Trinajstić information content (AvgIpc) is 2.78. The summed E-state index contributed by atoms with van der Waals surface area (Å²) in [7, 11) is 2.09. The molecule has 0 radical (unpaired) electrons. The molecule has 0 saturated carbocycles. The van der Waals surface area contributed by atoms with Crippen LogP contribution < -0.4 is 10.2 Å². The summed E-state index contributed by atoms with van der Waals surface area (Å²) in [5.41, 5.74) is 3.72. The van der Waals surface area contributed by atoms with Crippen molar-refractivity contribution in [2.45, 2.75) is 19.8 Å². The number of nitrogens with zero attached hydrogens (tertiary/aromatic N) is 2. The molecule has 31 heavy (non-hydrogen) atoms. The third-order valence-corrected chi connectivity index (χ3v) is 5.37. The monoisotopic (exact) mass is 437 g/mol. The summed E-state index contributed by atoms with van der Waals surface area (Å²) in [4.78, 5) is 25.1. The van der Waals surface area contributed by atoms with Gasteiger partial charge in [0.2, 0.25) is 0 Å². The number of amides is 1. The fourth-order valence-electron chi connectivity index (χ4n) is 3.18. The number of carbonyl (C=O) groups excluding carboxylic acids is 1. The lowest BCUT2D eigenvalue weighted by Crippen LogP contribution is -2.17. The van der Waals surface area contributed by atoms with E-state index in [9.17, 15) is 14.9 Å². The molecule has 0 atom stereocenters. The highest BCUT2D eigenvalue weighted by molar-refractivity contribution is 6.34. The number of nitro benzene ring substituents is 1. The lowest BCUT2D eigenvalue weighted by atomic mass is 10.0. The van der Waals surface area contributed by atoms with Crippen LogP contribution in [-0.4, -0.2) is 24.4 Å². The minimum atomic E-state index is -0.561. The number of anilines is 2. The quantitative estimate of drug-likeness (QED) is 0.326. The van der Waals surface area contributed by atoms with Crippen LogP contribution in [0.1, 0.15) is 30.1 Å². The highest BCUT2D eigenvalue weighted by Gasteiger charge is 2.16. The predicted molar refractivity (Wildman–Crippen MR) is 126 cm³/mol. The van der Waals surface area contributed by atoms with Crippen LogP contribution in [0.15, 0.2) is 66.7 Å². The largest absolute Gasteiger partial charge is 0.375 e. The second kappa shape index (κ2) is 10.1. The van der Waals surface area contributed by atoms with E-state index >= 15 is 0 Å². The second-order valence-corrected chi connectivity index (χ2v) is 7.68. The maximum absolute atomic E-state index is 12.5. The molecule has 6 nitrogen and oxygen atoms in total. The molecule has 160 valence electrons. The van der Waals surface area contributed by atoms with Gasteiger partial charge in [0.1, 0.15) is 0 Å². The molecule has 0 aliphatic carbocycles. The van der Waals surface area contributed by atoms with Gasteiger partial charge in [0, 0.05) is 37.1 Å². The third-order valence-electron chi connectivity index (χ3n) is 5.04. The number of unbranched alkanes of at least 4 members (excludes halogenated alkanes) is 1. The summed E-state index contributed by atoms with van der Waals surface area (Å²) in [5.74, 6) is -0.499. The summed E-state index contributed by atoms with van der Waals surface area (Å²) in [6.45, 7) is 3.21. The standard InChI is InChI=1S/C24H24ClN3O3/c1-3-4-15-27(2)20-11-7-18(8-12-20)17-5-9-19(10-6-17)26-24(29)22-16-21(28(30)31)13-14-23(22)25/h5-14,16H,3-4,15H2,1-2H3,(H,26,29). The molecular formula is C24H24ClN3O3. The molecule has 0 bridgehead atoms. The fraction of sp³-hybridized carbons (Fsp3) is 0.208. The van der Waals surface area contributed by atoms with Crippen LogP contribution in [0.25, 0.3) is 11.1 Å². The number of hydrogen-bond donors (Lipinski definition) is 1. The number of carbonyl (C=O) groups is 1. The van der Waals surface area contributed by atoms with E-state index < -0.39 is 10.8 Å². The van der Waals surface area contributed by atoms with Gasteiger partial charge in [-0.2, -0.15) is 0 Å². The van der Waals surface area contributed by atoms with Crippen molar-refractivity contribution >= 4 is 34.6 Å². The van der Waals surface area contributed by atoms with E-state index in [0.717, 1.165) is 24.1 Å². The van der Waals surface area contributed by atoms with Crippen molar-refractivity contribution in [2.24, 2.45) is 0 Å². The molecule has 1 N–H and O–H groups in total. The number of benzene rings is 3. The van der Waals surface area contributed by atoms with E-state index in [0.29, 0.717) is 5.69 Å². The summed E-state index contributed by atoms with van der Waals surface area (Å²) in [5, 5.41) is 13.8. The minimum absolute atomic E-state index is 0.0581. The first-order valence-electron chi connectivity index (χ1n) is 10.1. The normalized spacial score (nSPS) is 10.5. The van der Waals surface area contributed by atoms with Gasteiger partial charge in [-0.25, -0.2) is 0 Å². The number of halogens is 1. The second-order valence-electron chi connectivity index (χ2n) is 7.27. The van der Waals surface area contributed by atoms with E-state index in [4.69, 9.17) is 11.6 Å². The molecule has 0 spiro atoms. The Balaban J connectivity index is 1.70. The zero-order chi connectivity index (χ0) is 22.4. The highest BCUT2D eigenvalue weighted by Crippen LogP contribution is 2.26. The van der Waals surface area contributed by atoms with Gasteiger partial charge in [0.25, 0.3) is 11.6 Å². The Labute approximate surface area is 186 Å². The van der Waals surface area contributed by atoms with Gasteiger partial charge < -0.3 is 10.2 Å². The van der Waals surface area contributed by atoms with Crippen LogP contribution in [0.5, 0.6) is 0 Å². The van der Waals surface area contributed by atoms with E-state index in [1.54, 1.807) is 12.1 Å². The smallest absolute Gasteiger partial charge is 0.270 e. The Morgan fingerprint density at radius 1 is 1.03 bits per heavy atom. The van der Waals surface area contributed by atoms with Gasteiger partial charge >= 0.3 is 0 Å². The molecule has 0 aliphatic heterocycles. The van der Waals surface area contributed by atoms with Crippen molar-refractivity contribution in [2.75, 3.05) is 23.8 Å². The summed E-state index contributed by atoms with van der Waals surface area (Å²) in [6.07, 6.45) is 2.33. The maximum atomic E-state index is 12.5. The van der Waals surface area contributed by atoms with Crippen LogP contribution in [0.4, 0.5) is 17.1 Å². The topological polar surface area (TPSA) is 75.5 Å². The minimum Gasteiger partial charge on any atom is -0.375 e. The summed E-state index contributed by atoms with van der Waals surface area (Å²) in [6, 6.07) is 19.6. The molecule has 0 unspecified atom stereocenters. The number of rotatable bonds is 8. The Bertz CT molecular complexity index is 1070. The van der Waals surface area contributed by atoms with Crippen molar-refractivity contribution < 1.29 is 9.72 Å². The zero-order valence-electron chi connectivity index (χ0n) is 17.5. The molecule has 7 heteroatoms. The van der Waals surface area contributed by atoms with Crippen molar-refractivity contribution in [1.29, 1.82) is 0 Å². The van der Waals surface area contributed by atoms with Crippen molar-refractivity contribution in [3.8, 4) is 11.1 Å². The highest BCUT2D eigenvalue weighted by atomic mass is 35.5. The van der Waals surface area contributed by atoms with Crippen LogP contribution >= 0.6 is 11.6 Å². The van der Waals surface area contributed by atoms with E-state index in [1.165, 1.54) is 30.3 Å². The average molecular weight is 438 g/mol. The Morgan fingerprint density at radius 2 is 1.65 bits per heavy atom. The first-order chi connectivity index (χ1) is 14.9. The molecule has 3 aromatic carbocycles. The van der Waals surface area contributed by atoms with E-state index in [-0.39, 0.29) is 16.3 Å². The van der Waals surface area contributed by atoms with Gasteiger partial charge in [-0.15, -0.1) is 0 Å². The zero-order valence-corrected chi connectivity index (χ0v) is 18.2. The fourth-order valence-corrected chi connectivity index (χ4v) is 3.38. The SMILES string of the molecule is CCCCN(C)c1ccc(-c2ccc(NC(=O)c3cc([N+](=O)[O-])ccc3Cl)cc2)cc1. The predicted octanol–water partition coefficient (Wildman–Crippen LogP) is 6.40. The first-order valence-corrected chi connectivity index (χ1v) is 10.4. The van der Waals surface area contributed by atoms with Gasteiger partial charge in [0.15, 0.2) is 0 Å². The number of nitrogens with one attached hydrogen (secondary N) is 1. The molecule has 3 aromatic rings. The van der Waals surface area contributed by atoms with Gasteiger partial charge in [-0.1, -0.05) is 49.2 Å². The number of hydrogen-bond acceptors (Lipinski definition) is 4. The van der Waals surface area contributed by atoms with Crippen LogP contribution in [-0.2, 0) is 0 Å². The Hall–Kier alpha value is -3.38. The first kappa shape index (κ1) is 22.3. The third kappa shape index (κ3) is 5.61.